The van der Waals surface area contributed by atoms with Crippen molar-refractivity contribution in [2.75, 3.05) is 63.9 Å². The number of rotatable bonds is 13. The quantitative estimate of drug-likeness (QED) is 0.120. The van der Waals surface area contributed by atoms with E-state index in [1.54, 1.807) is 19.2 Å². The third-order valence-electron chi connectivity index (χ3n) is 14.9. The van der Waals surface area contributed by atoms with Crippen LogP contribution in [0.5, 0.6) is 0 Å². The maximum absolute atomic E-state index is 14.5. The van der Waals surface area contributed by atoms with Crippen LogP contribution in [0.3, 0.4) is 0 Å². The number of nitrogens with one attached hydrogen (secondary N) is 1. The van der Waals surface area contributed by atoms with E-state index in [9.17, 15) is 18.0 Å². The summed E-state index contributed by atoms with van der Waals surface area (Å²) in [7, 11) is -4.07. The summed E-state index contributed by atoms with van der Waals surface area (Å²) in [6.07, 6.45) is 14.9. The fourth-order valence-corrected chi connectivity index (χ4v) is 12.3. The molecule has 3 unspecified atom stereocenters. The number of fused-ring (bicyclic) bond motifs is 2. The van der Waals surface area contributed by atoms with Gasteiger partial charge in [0, 0.05) is 81.1 Å². The topological polar surface area (TPSA) is 161 Å². The van der Waals surface area contributed by atoms with Gasteiger partial charge in [0.05, 0.1) is 23.9 Å². The van der Waals surface area contributed by atoms with Gasteiger partial charge in [-0.3, -0.25) is 9.69 Å². The second-order valence-electron chi connectivity index (χ2n) is 21.0. The maximum atomic E-state index is 14.5. The standard InChI is InChI=1S/C54H67N7O8S/c1-37-13-9-11-24-53(37,5)70(64,65)61-27-23-42-44(34-55-49(62)47(42)61)39-17-20-45-43(33-39)48(54(68-41-18-19-41,40-14-7-6-8-15-40)36-67-46-16-10-12-32-66-46)57-50(56-45)59-25-21-38(22-26-59)35-58-28-30-60(31-29-58)51(63)69-52(2,3)4/h6-9,11,13-15,17,20,23,27,33-34,38,41,46H,10,12,16,18-19,21-22,24-26,28-32,35-36H2,1-5H3,(H,55,62). The third kappa shape index (κ3) is 9.57. The van der Waals surface area contributed by atoms with Crippen molar-refractivity contribution in [2.45, 2.75) is 114 Å². The van der Waals surface area contributed by atoms with Crippen LogP contribution in [0.2, 0.25) is 0 Å². The van der Waals surface area contributed by atoms with E-state index in [1.807, 2.05) is 87.2 Å². The van der Waals surface area contributed by atoms with Crippen molar-refractivity contribution in [3.05, 3.63) is 112 Å². The lowest BCUT2D eigenvalue weighted by atomic mass is 9.87. The predicted octanol–water partition coefficient (Wildman–Crippen LogP) is 8.52. The molecule has 1 saturated carbocycles. The number of aromatic amines is 1. The van der Waals surface area contributed by atoms with Crippen molar-refractivity contribution < 1.29 is 32.2 Å². The van der Waals surface area contributed by atoms with Gasteiger partial charge in [-0.05, 0) is 121 Å². The minimum Gasteiger partial charge on any atom is -0.444 e. The van der Waals surface area contributed by atoms with Crippen LogP contribution >= 0.6 is 0 Å². The summed E-state index contributed by atoms with van der Waals surface area (Å²) in [5, 5.41) is 1.27. The van der Waals surface area contributed by atoms with Crippen LogP contribution in [0.15, 0.2) is 95.6 Å². The maximum Gasteiger partial charge on any atom is 0.410 e. The second kappa shape index (κ2) is 19.3. The normalized spacial score (nSPS) is 22.9. The van der Waals surface area contributed by atoms with E-state index < -0.39 is 31.5 Å². The number of hydrogen-bond donors (Lipinski definition) is 1. The lowest BCUT2D eigenvalue weighted by Gasteiger charge is -2.39. The van der Waals surface area contributed by atoms with Crippen molar-refractivity contribution in [3.63, 3.8) is 0 Å². The van der Waals surface area contributed by atoms with Crippen molar-refractivity contribution >= 4 is 43.9 Å². The molecular formula is C54H67N7O8S. The van der Waals surface area contributed by atoms with Gasteiger partial charge >= 0.3 is 6.09 Å². The average Bonchev–Trinajstić information content (AvgIpc) is 4.06. The number of hydrogen-bond acceptors (Lipinski definition) is 12. The number of carbonyl (C=O) groups excluding carboxylic acids is 1. The Morgan fingerprint density at radius 3 is 2.40 bits per heavy atom. The summed E-state index contributed by atoms with van der Waals surface area (Å²) in [4.78, 5) is 46.8. The third-order valence-corrected chi connectivity index (χ3v) is 17.4. The number of H-pyrrole nitrogens is 1. The second-order valence-corrected chi connectivity index (χ2v) is 23.3. The summed E-state index contributed by atoms with van der Waals surface area (Å²) < 4.78 is 54.8. The number of amides is 1. The Kier molecular flexibility index (Phi) is 13.3. The van der Waals surface area contributed by atoms with Gasteiger partial charge < -0.3 is 33.7 Å². The fraction of sp³-hybridized carbons (Fsp3) is 0.519. The summed E-state index contributed by atoms with van der Waals surface area (Å²) in [5.74, 6) is 1.11. The summed E-state index contributed by atoms with van der Waals surface area (Å²) in [6.45, 7) is 15.5. The molecule has 0 bridgehead atoms. The summed E-state index contributed by atoms with van der Waals surface area (Å²) >= 11 is 0. The molecule has 6 heterocycles. The molecule has 1 amide bonds. The molecule has 3 aliphatic heterocycles. The highest BCUT2D eigenvalue weighted by Crippen LogP contribution is 2.45. The molecule has 2 aliphatic carbocycles. The number of nitrogens with zero attached hydrogens (tertiary/aromatic N) is 6. The van der Waals surface area contributed by atoms with Gasteiger partial charge in [-0.1, -0.05) is 60.2 Å². The van der Waals surface area contributed by atoms with E-state index in [0.717, 1.165) is 104 Å². The fourth-order valence-electron chi connectivity index (χ4n) is 10.5. The summed E-state index contributed by atoms with van der Waals surface area (Å²) in [5.41, 5.74) is 2.32. The van der Waals surface area contributed by atoms with Gasteiger partial charge in [0.25, 0.3) is 5.56 Å². The van der Waals surface area contributed by atoms with Gasteiger partial charge in [-0.2, -0.15) is 0 Å². The molecule has 15 nitrogen and oxygen atoms in total. The van der Waals surface area contributed by atoms with Crippen LogP contribution in [-0.2, 0) is 34.6 Å². The number of benzene rings is 2. The first-order chi connectivity index (χ1) is 33.6. The van der Waals surface area contributed by atoms with E-state index in [2.05, 4.69) is 26.9 Å². The predicted molar refractivity (Wildman–Crippen MR) is 271 cm³/mol. The zero-order valence-electron chi connectivity index (χ0n) is 41.2. The number of piperazine rings is 1. The Labute approximate surface area is 410 Å². The van der Waals surface area contributed by atoms with E-state index in [0.29, 0.717) is 60.2 Å². The van der Waals surface area contributed by atoms with E-state index in [-0.39, 0.29) is 30.6 Å². The Morgan fingerprint density at radius 1 is 0.929 bits per heavy atom. The molecule has 0 radical (unpaired) electrons. The molecule has 5 aromatic rings. The highest BCUT2D eigenvalue weighted by atomic mass is 32.2. The van der Waals surface area contributed by atoms with E-state index in [1.165, 1.54) is 6.20 Å². The SMILES string of the molecule is CC1=CC=CCC1(C)S(=O)(=O)n1ccc2c(-c3ccc4nc(N5CCC(CN6CCN(C(=O)OC(C)(C)C)CC6)CC5)nc(C(COC5CCCCO5)(OC5CC5)c5ccccc5)c4c3)c[nH]c(=O)c21. The molecule has 1 N–H and O–H groups in total. The highest BCUT2D eigenvalue weighted by molar-refractivity contribution is 7.91. The molecule has 10 rings (SSSR count). The highest BCUT2D eigenvalue weighted by Gasteiger charge is 2.46. The molecule has 3 atom stereocenters. The van der Waals surface area contributed by atoms with E-state index in [4.69, 9.17) is 28.9 Å². The molecule has 372 valence electrons. The lowest BCUT2D eigenvalue weighted by molar-refractivity contribution is -0.197. The number of ether oxygens (including phenoxy) is 4. The Balaban J connectivity index is 1.02. The number of allylic oxidation sites excluding steroid dienone is 3. The number of aromatic nitrogens is 4. The van der Waals surface area contributed by atoms with Gasteiger partial charge in [-0.15, -0.1) is 0 Å². The number of anilines is 1. The minimum absolute atomic E-state index is 0.00462. The van der Waals surface area contributed by atoms with Gasteiger partial charge in [-0.25, -0.2) is 27.2 Å². The van der Waals surface area contributed by atoms with Crippen LogP contribution in [0.1, 0.15) is 97.2 Å². The zero-order valence-corrected chi connectivity index (χ0v) is 42.0. The number of carbonyl (C=O) groups is 1. The molecule has 3 saturated heterocycles. The van der Waals surface area contributed by atoms with Crippen LogP contribution in [0, 0.1) is 5.92 Å². The molecule has 70 heavy (non-hydrogen) atoms. The first-order valence-corrected chi connectivity index (χ1v) is 26.6. The van der Waals surface area contributed by atoms with Crippen LogP contribution < -0.4 is 10.5 Å². The van der Waals surface area contributed by atoms with Gasteiger partial charge in [0.1, 0.15) is 15.9 Å². The minimum atomic E-state index is -4.07. The number of pyridine rings is 1. The first-order valence-electron chi connectivity index (χ1n) is 25.2. The molecule has 16 heteroatoms. The molecule has 2 aromatic carbocycles. The van der Waals surface area contributed by atoms with Crippen molar-refractivity contribution in [1.82, 2.24) is 28.7 Å². The van der Waals surface area contributed by atoms with Crippen LogP contribution in [0.4, 0.5) is 10.7 Å². The Bertz CT molecular complexity index is 2960. The summed E-state index contributed by atoms with van der Waals surface area (Å²) in [6, 6.07) is 17.9. The van der Waals surface area contributed by atoms with Crippen LogP contribution in [0.25, 0.3) is 32.9 Å². The monoisotopic (exact) mass is 973 g/mol. The van der Waals surface area contributed by atoms with E-state index >= 15 is 0 Å². The van der Waals surface area contributed by atoms with Crippen molar-refractivity contribution in [2.24, 2.45) is 5.92 Å². The zero-order chi connectivity index (χ0) is 48.8. The first kappa shape index (κ1) is 48.2. The molecule has 0 spiro atoms. The molecule has 5 aliphatic rings. The average molecular weight is 974 g/mol. The van der Waals surface area contributed by atoms with Gasteiger partial charge in [0.15, 0.2) is 11.9 Å². The number of piperidine rings is 1. The Morgan fingerprint density at radius 2 is 1.70 bits per heavy atom. The van der Waals surface area contributed by atoms with Crippen molar-refractivity contribution in [3.8, 4) is 11.1 Å². The smallest absolute Gasteiger partial charge is 0.410 e. The molecule has 4 fully saturated rings. The van der Waals surface area contributed by atoms with Crippen molar-refractivity contribution in [1.29, 1.82) is 0 Å². The lowest BCUT2D eigenvalue weighted by Crippen LogP contribution is -2.51. The molecule has 3 aromatic heterocycles. The Hall–Kier alpha value is -5.39. The van der Waals surface area contributed by atoms with Gasteiger partial charge in [0.2, 0.25) is 16.0 Å². The largest absolute Gasteiger partial charge is 0.444 e. The van der Waals surface area contributed by atoms with Crippen LogP contribution in [-0.4, -0.2) is 125 Å². The molecular weight excluding hydrogens is 907 g/mol.